The van der Waals surface area contributed by atoms with E-state index in [2.05, 4.69) is 30.7 Å². The summed E-state index contributed by atoms with van der Waals surface area (Å²) >= 11 is 5.94. The van der Waals surface area contributed by atoms with Crippen LogP contribution in [0.3, 0.4) is 0 Å². The van der Waals surface area contributed by atoms with E-state index in [-0.39, 0.29) is 0 Å². The predicted molar refractivity (Wildman–Crippen MR) is 75.3 cm³/mol. The van der Waals surface area contributed by atoms with Crippen LogP contribution < -0.4 is 0 Å². The first kappa shape index (κ1) is 12.5. The van der Waals surface area contributed by atoms with E-state index in [4.69, 9.17) is 11.6 Å². The van der Waals surface area contributed by atoms with Crippen molar-refractivity contribution in [1.29, 1.82) is 0 Å². The fourth-order valence-corrected chi connectivity index (χ4v) is 2.30. The molecule has 1 saturated carbocycles. The van der Waals surface area contributed by atoms with E-state index in [0.29, 0.717) is 23.2 Å². The second-order valence-electron chi connectivity index (χ2n) is 5.05. The number of hydrogen-bond acceptors (Lipinski definition) is 5. The average Bonchev–Trinajstić information content (AvgIpc) is 3.06. The fraction of sp³-hybridized carbons (Fsp3) is 0.308. The molecule has 8 heteroatoms. The highest BCUT2D eigenvalue weighted by Gasteiger charge is 2.29. The summed E-state index contributed by atoms with van der Waals surface area (Å²) in [6, 6.07) is 7.53. The Bertz CT molecular complexity index is 743. The molecule has 21 heavy (non-hydrogen) atoms. The molecule has 7 nitrogen and oxygen atoms in total. The summed E-state index contributed by atoms with van der Waals surface area (Å²) in [5, 5.41) is 19.3. The lowest BCUT2D eigenvalue weighted by atomic mass is 10.3. The third-order valence-electron chi connectivity index (χ3n) is 3.41. The third kappa shape index (κ3) is 2.52. The van der Waals surface area contributed by atoms with Crippen molar-refractivity contribution in [3.63, 3.8) is 0 Å². The highest BCUT2D eigenvalue weighted by molar-refractivity contribution is 6.30. The molecule has 0 radical (unpaired) electrons. The second kappa shape index (κ2) is 4.92. The Hall–Kier alpha value is -2.28. The van der Waals surface area contributed by atoms with Crippen molar-refractivity contribution in [1.82, 2.24) is 35.4 Å². The van der Waals surface area contributed by atoms with E-state index in [1.54, 1.807) is 0 Å². The number of rotatable bonds is 4. The van der Waals surface area contributed by atoms with Crippen molar-refractivity contribution in [2.45, 2.75) is 25.2 Å². The smallest absolute Gasteiger partial charge is 0.182 e. The zero-order valence-corrected chi connectivity index (χ0v) is 11.8. The predicted octanol–water partition coefficient (Wildman–Crippen LogP) is 1.90. The van der Waals surface area contributed by atoms with Crippen LogP contribution in [-0.4, -0.2) is 35.4 Å². The Morgan fingerprint density at radius 1 is 1.24 bits per heavy atom. The van der Waals surface area contributed by atoms with Crippen LogP contribution in [0.15, 0.2) is 24.3 Å². The molecule has 1 aliphatic rings. The number of aromatic amines is 1. The minimum absolute atomic E-state index is 0.485. The molecule has 0 amide bonds. The van der Waals surface area contributed by atoms with Crippen LogP contribution in [0.2, 0.25) is 5.02 Å². The SMILES string of the molecule is Clc1ccc(-n2nc(C3CC3)nc2Cc2nn[nH]n2)cc1. The Morgan fingerprint density at radius 3 is 2.71 bits per heavy atom. The van der Waals surface area contributed by atoms with Gasteiger partial charge in [-0.15, -0.1) is 10.2 Å². The fourth-order valence-electron chi connectivity index (χ4n) is 2.18. The van der Waals surface area contributed by atoms with E-state index >= 15 is 0 Å². The molecule has 3 aromatic rings. The molecule has 0 saturated heterocycles. The molecule has 1 fully saturated rings. The number of H-pyrrole nitrogens is 1. The highest BCUT2D eigenvalue weighted by Crippen LogP contribution is 2.38. The van der Waals surface area contributed by atoms with Gasteiger partial charge in [-0.3, -0.25) is 0 Å². The summed E-state index contributed by atoms with van der Waals surface area (Å²) in [6.07, 6.45) is 2.80. The minimum Gasteiger partial charge on any atom is -0.217 e. The van der Waals surface area contributed by atoms with Crippen LogP contribution in [-0.2, 0) is 6.42 Å². The van der Waals surface area contributed by atoms with Crippen molar-refractivity contribution >= 4 is 11.6 Å². The second-order valence-corrected chi connectivity index (χ2v) is 5.49. The molecule has 1 aromatic carbocycles. The van der Waals surface area contributed by atoms with E-state index in [9.17, 15) is 0 Å². The van der Waals surface area contributed by atoms with Gasteiger partial charge < -0.3 is 0 Å². The first-order valence-corrected chi connectivity index (χ1v) is 7.11. The van der Waals surface area contributed by atoms with E-state index < -0.39 is 0 Å². The number of nitrogens with zero attached hydrogens (tertiary/aromatic N) is 6. The first-order valence-electron chi connectivity index (χ1n) is 6.74. The normalized spacial score (nSPS) is 14.5. The topological polar surface area (TPSA) is 85.2 Å². The van der Waals surface area contributed by atoms with Gasteiger partial charge in [0.1, 0.15) is 5.82 Å². The molecule has 2 heterocycles. The van der Waals surface area contributed by atoms with E-state index in [1.165, 1.54) is 0 Å². The van der Waals surface area contributed by atoms with Gasteiger partial charge in [0, 0.05) is 10.9 Å². The van der Waals surface area contributed by atoms with Crippen LogP contribution >= 0.6 is 11.6 Å². The first-order chi connectivity index (χ1) is 10.3. The molecule has 106 valence electrons. The number of benzene rings is 1. The van der Waals surface area contributed by atoms with Gasteiger partial charge in [-0.05, 0) is 37.1 Å². The number of aromatic nitrogens is 7. The molecular formula is C13H12ClN7. The molecular weight excluding hydrogens is 290 g/mol. The lowest BCUT2D eigenvalue weighted by molar-refractivity contribution is 0.783. The zero-order valence-electron chi connectivity index (χ0n) is 11.1. The summed E-state index contributed by atoms with van der Waals surface area (Å²) in [4.78, 5) is 4.64. The maximum atomic E-state index is 5.94. The Labute approximate surface area is 125 Å². The maximum absolute atomic E-state index is 5.94. The number of nitrogens with one attached hydrogen (secondary N) is 1. The molecule has 0 atom stereocenters. The molecule has 0 spiro atoms. The van der Waals surface area contributed by atoms with Crippen molar-refractivity contribution in [3.05, 3.63) is 46.8 Å². The van der Waals surface area contributed by atoms with Gasteiger partial charge in [0.25, 0.3) is 0 Å². The van der Waals surface area contributed by atoms with Crippen molar-refractivity contribution in [3.8, 4) is 5.69 Å². The van der Waals surface area contributed by atoms with Crippen molar-refractivity contribution in [2.24, 2.45) is 0 Å². The molecule has 0 aliphatic heterocycles. The van der Waals surface area contributed by atoms with E-state index in [1.807, 2.05) is 28.9 Å². The number of halogens is 1. The summed E-state index contributed by atoms with van der Waals surface area (Å²) in [6.45, 7) is 0. The van der Waals surface area contributed by atoms with Crippen LogP contribution in [0.4, 0.5) is 0 Å². The Kier molecular flexibility index (Phi) is 2.92. The largest absolute Gasteiger partial charge is 0.217 e. The monoisotopic (exact) mass is 301 g/mol. The maximum Gasteiger partial charge on any atom is 0.182 e. The highest BCUT2D eigenvalue weighted by atomic mass is 35.5. The molecule has 1 aliphatic carbocycles. The van der Waals surface area contributed by atoms with Gasteiger partial charge in [-0.1, -0.05) is 16.8 Å². The number of hydrogen-bond donors (Lipinski definition) is 1. The number of tetrazole rings is 1. The quantitative estimate of drug-likeness (QED) is 0.795. The zero-order chi connectivity index (χ0) is 14.2. The summed E-state index contributed by atoms with van der Waals surface area (Å²) < 4.78 is 1.83. The van der Waals surface area contributed by atoms with Gasteiger partial charge in [0.15, 0.2) is 11.6 Å². The van der Waals surface area contributed by atoms with Gasteiger partial charge in [-0.2, -0.15) is 10.3 Å². The van der Waals surface area contributed by atoms with Gasteiger partial charge in [0.2, 0.25) is 0 Å². The lowest BCUT2D eigenvalue weighted by Crippen LogP contribution is -2.05. The molecule has 4 rings (SSSR count). The van der Waals surface area contributed by atoms with Crippen LogP contribution in [0.25, 0.3) is 5.69 Å². The summed E-state index contributed by atoms with van der Waals surface area (Å²) in [7, 11) is 0. The van der Waals surface area contributed by atoms with E-state index in [0.717, 1.165) is 30.2 Å². The molecule has 1 N–H and O–H groups in total. The average molecular weight is 302 g/mol. The van der Waals surface area contributed by atoms with Crippen molar-refractivity contribution in [2.75, 3.05) is 0 Å². The molecule has 0 bridgehead atoms. The Morgan fingerprint density at radius 2 is 2.05 bits per heavy atom. The van der Waals surface area contributed by atoms with Crippen LogP contribution in [0.1, 0.15) is 36.2 Å². The van der Waals surface area contributed by atoms with Crippen molar-refractivity contribution < 1.29 is 0 Å². The lowest BCUT2D eigenvalue weighted by Gasteiger charge is -2.04. The van der Waals surface area contributed by atoms with Crippen LogP contribution in [0.5, 0.6) is 0 Å². The molecule has 0 unspecified atom stereocenters. The Balaban J connectivity index is 1.74. The standard InChI is InChI=1S/C13H12ClN7/c14-9-3-5-10(6-4-9)21-12(7-11-16-19-20-17-11)15-13(18-21)8-1-2-8/h3-6,8H,1-2,7H2,(H,16,17,19,20). The van der Waals surface area contributed by atoms with Gasteiger partial charge in [-0.25, -0.2) is 9.67 Å². The summed E-state index contributed by atoms with van der Waals surface area (Å²) in [5.74, 6) is 2.78. The van der Waals surface area contributed by atoms with Gasteiger partial charge >= 0.3 is 0 Å². The van der Waals surface area contributed by atoms with Crippen LogP contribution in [0, 0.1) is 0 Å². The van der Waals surface area contributed by atoms with Gasteiger partial charge in [0.05, 0.1) is 12.1 Å². The third-order valence-corrected chi connectivity index (χ3v) is 3.66. The molecule has 2 aromatic heterocycles. The minimum atomic E-state index is 0.485. The summed E-state index contributed by atoms with van der Waals surface area (Å²) in [5.41, 5.74) is 0.928.